The van der Waals surface area contributed by atoms with Crippen LogP contribution in [-0.2, 0) is 6.42 Å². The SMILES string of the molecule is Cc1cc(F)ccc1CCCN(C)C1CCC(c2ccc3[nH]c(=O)oc3c2)CC1. The number of nitrogens with zero attached hydrogens (tertiary/aromatic N) is 1. The van der Waals surface area contributed by atoms with Gasteiger partial charge in [-0.15, -0.1) is 0 Å². The van der Waals surface area contributed by atoms with Gasteiger partial charge in [-0.1, -0.05) is 12.1 Å². The van der Waals surface area contributed by atoms with E-state index in [1.165, 1.54) is 24.0 Å². The molecule has 1 aromatic heterocycles. The standard InChI is InChI=1S/C24H29FN2O2/c1-16-14-20(25)9-5-17(16)4-3-13-27(2)21-10-6-18(7-11-21)19-8-12-22-23(15-19)29-24(28)26-22/h5,8-9,12,14-15,18,21H,3-4,6-7,10-11,13H2,1-2H3,(H,26,28). The lowest BCUT2D eigenvalue weighted by Gasteiger charge is -2.35. The third-order valence-electron chi connectivity index (χ3n) is 6.50. The molecular weight excluding hydrogens is 367 g/mol. The largest absolute Gasteiger partial charge is 0.417 e. The third kappa shape index (κ3) is 4.61. The lowest BCUT2D eigenvalue weighted by atomic mass is 9.81. The first-order chi connectivity index (χ1) is 14.0. The molecule has 154 valence electrons. The van der Waals surface area contributed by atoms with E-state index in [-0.39, 0.29) is 5.82 Å². The maximum Gasteiger partial charge on any atom is 0.417 e. The van der Waals surface area contributed by atoms with E-state index in [1.807, 2.05) is 25.1 Å². The topological polar surface area (TPSA) is 49.2 Å². The highest BCUT2D eigenvalue weighted by molar-refractivity contribution is 5.72. The molecule has 0 spiro atoms. The molecule has 3 aromatic rings. The Morgan fingerprint density at radius 1 is 1.14 bits per heavy atom. The fraction of sp³-hybridized carbons (Fsp3) is 0.458. The second kappa shape index (κ2) is 8.54. The Kier molecular flexibility index (Phi) is 5.86. The highest BCUT2D eigenvalue weighted by Crippen LogP contribution is 2.35. The van der Waals surface area contributed by atoms with Gasteiger partial charge < -0.3 is 9.32 Å². The van der Waals surface area contributed by atoms with Gasteiger partial charge in [-0.25, -0.2) is 9.18 Å². The monoisotopic (exact) mass is 396 g/mol. The van der Waals surface area contributed by atoms with Crippen molar-refractivity contribution in [3.8, 4) is 0 Å². The van der Waals surface area contributed by atoms with Crippen molar-refractivity contribution in [2.75, 3.05) is 13.6 Å². The molecule has 0 amide bonds. The van der Waals surface area contributed by atoms with E-state index in [4.69, 9.17) is 4.42 Å². The molecular formula is C24H29FN2O2. The number of rotatable bonds is 6. The summed E-state index contributed by atoms with van der Waals surface area (Å²) in [4.78, 5) is 16.6. The molecule has 29 heavy (non-hydrogen) atoms. The normalized spacial score (nSPS) is 19.9. The average Bonchev–Trinajstić information content (AvgIpc) is 3.09. The summed E-state index contributed by atoms with van der Waals surface area (Å²) in [6.45, 7) is 3.05. The Labute approximate surface area is 170 Å². The number of hydrogen-bond acceptors (Lipinski definition) is 3. The van der Waals surface area contributed by atoms with Crippen molar-refractivity contribution in [3.05, 3.63) is 69.5 Å². The molecule has 0 unspecified atom stereocenters. The van der Waals surface area contributed by atoms with Crippen molar-refractivity contribution >= 4 is 11.1 Å². The predicted molar refractivity (Wildman–Crippen MR) is 114 cm³/mol. The Morgan fingerprint density at radius 2 is 1.93 bits per heavy atom. The van der Waals surface area contributed by atoms with E-state index < -0.39 is 5.76 Å². The molecule has 0 bridgehead atoms. The summed E-state index contributed by atoms with van der Waals surface area (Å²) in [5, 5.41) is 0. The number of halogens is 1. The molecule has 1 saturated carbocycles. The molecule has 1 fully saturated rings. The van der Waals surface area contributed by atoms with Gasteiger partial charge in [-0.05, 0) is 106 Å². The van der Waals surface area contributed by atoms with Gasteiger partial charge in [-0.2, -0.15) is 0 Å². The predicted octanol–water partition coefficient (Wildman–Crippen LogP) is 5.16. The van der Waals surface area contributed by atoms with E-state index >= 15 is 0 Å². The molecule has 4 nitrogen and oxygen atoms in total. The first-order valence-electron chi connectivity index (χ1n) is 10.6. The molecule has 1 N–H and O–H groups in total. The van der Waals surface area contributed by atoms with E-state index in [1.54, 1.807) is 12.1 Å². The molecule has 4 rings (SSSR count). The Morgan fingerprint density at radius 3 is 2.69 bits per heavy atom. The Bertz CT molecular complexity index is 1030. The zero-order valence-corrected chi connectivity index (χ0v) is 17.2. The Balaban J connectivity index is 1.27. The summed E-state index contributed by atoms with van der Waals surface area (Å²) in [7, 11) is 2.23. The zero-order chi connectivity index (χ0) is 20.4. The second-order valence-corrected chi connectivity index (χ2v) is 8.43. The van der Waals surface area contributed by atoms with Crippen LogP contribution in [0.5, 0.6) is 0 Å². The van der Waals surface area contributed by atoms with Crippen molar-refractivity contribution in [2.24, 2.45) is 0 Å². The van der Waals surface area contributed by atoms with Crippen molar-refractivity contribution in [1.82, 2.24) is 9.88 Å². The van der Waals surface area contributed by atoms with Crippen LogP contribution < -0.4 is 5.76 Å². The van der Waals surface area contributed by atoms with E-state index in [9.17, 15) is 9.18 Å². The van der Waals surface area contributed by atoms with Crippen LogP contribution in [0.1, 0.15) is 54.7 Å². The summed E-state index contributed by atoms with van der Waals surface area (Å²) in [6, 6.07) is 11.8. The summed E-state index contributed by atoms with van der Waals surface area (Å²) in [5.74, 6) is -0.0117. The van der Waals surface area contributed by atoms with Gasteiger partial charge in [0.15, 0.2) is 5.58 Å². The van der Waals surface area contributed by atoms with Crippen LogP contribution in [0.3, 0.4) is 0 Å². The van der Waals surface area contributed by atoms with E-state index in [2.05, 4.69) is 23.0 Å². The van der Waals surface area contributed by atoms with Gasteiger partial charge >= 0.3 is 5.76 Å². The maximum atomic E-state index is 13.2. The van der Waals surface area contributed by atoms with Gasteiger partial charge in [0.05, 0.1) is 5.52 Å². The van der Waals surface area contributed by atoms with Gasteiger partial charge in [0, 0.05) is 6.04 Å². The van der Waals surface area contributed by atoms with Crippen LogP contribution in [-0.4, -0.2) is 29.5 Å². The average molecular weight is 397 g/mol. The van der Waals surface area contributed by atoms with Crippen LogP contribution >= 0.6 is 0 Å². The highest BCUT2D eigenvalue weighted by atomic mass is 19.1. The molecule has 1 aliphatic rings. The quantitative estimate of drug-likeness (QED) is 0.626. The number of aromatic amines is 1. The second-order valence-electron chi connectivity index (χ2n) is 8.43. The van der Waals surface area contributed by atoms with Gasteiger partial charge in [-0.3, -0.25) is 4.98 Å². The molecule has 0 atom stereocenters. The van der Waals surface area contributed by atoms with Crippen molar-refractivity contribution < 1.29 is 8.81 Å². The molecule has 0 saturated heterocycles. The number of nitrogens with one attached hydrogen (secondary N) is 1. The summed E-state index contributed by atoms with van der Waals surface area (Å²) in [6.07, 6.45) is 6.77. The highest BCUT2D eigenvalue weighted by Gasteiger charge is 2.25. The van der Waals surface area contributed by atoms with Crippen LogP contribution in [0.4, 0.5) is 4.39 Å². The first-order valence-corrected chi connectivity index (χ1v) is 10.6. The number of oxazole rings is 1. The smallest absolute Gasteiger partial charge is 0.408 e. The molecule has 0 radical (unpaired) electrons. The number of hydrogen-bond donors (Lipinski definition) is 1. The van der Waals surface area contributed by atoms with Crippen LogP contribution in [0.2, 0.25) is 0 Å². The molecule has 1 heterocycles. The summed E-state index contributed by atoms with van der Waals surface area (Å²) < 4.78 is 18.5. The number of H-pyrrole nitrogens is 1. The zero-order valence-electron chi connectivity index (χ0n) is 17.2. The number of aromatic nitrogens is 1. The maximum absolute atomic E-state index is 13.2. The Hall–Kier alpha value is -2.40. The molecule has 0 aliphatic heterocycles. The number of fused-ring (bicyclic) bond motifs is 1. The van der Waals surface area contributed by atoms with E-state index in [0.29, 0.717) is 17.5 Å². The first kappa shape index (κ1) is 19.9. The van der Waals surface area contributed by atoms with Crippen molar-refractivity contribution in [3.63, 3.8) is 0 Å². The minimum atomic E-state index is -0.390. The lowest BCUT2D eigenvalue weighted by molar-refractivity contribution is 0.181. The minimum Gasteiger partial charge on any atom is -0.408 e. The summed E-state index contributed by atoms with van der Waals surface area (Å²) in [5.41, 5.74) is 4.98. The van der Waals surface area contributed by atoms with Crippen molar-refractivity contribution in [2.45, 2.75) is 57.4 Å². The van der Waals surface area contributed by atoms with Crippen LogP contribution in [0.25, 0.3) is 11.1 Å². The lowest BCUT2D eigenvalue weighted by Crippen LogP contribution is -2.35. The van der Waals surface area contributed by atoms with Gasteiger partial charge in [0.25, 0.3) is 0 Å². The fourth-order valence-electron chi connectivity index (χ4n) is 4.71. The molecule has 2 aromatic carbocycles. The van der Waals surface area contributed by atoms with E-state index in [0.717, 1.165) is 43.3 Å². The van der Waals surface area contributed by atoms with Crippen LogP contribution in [0, 0.1) is 12.7 Å². The van der Waals surface area contributed by atoms with Gasteiger partial charge in [0.2, 0.25) is 0 Å². The molecule has 1 aliphatic carbocycles. The third-order valence-corrected chi connectivity index (χ3v) is 6.50. The molecule has 5 heteroatoms. The minimum absolute atomic E-state index is 0.155. The number of aryl methyl sites for hydroxylation is 2. The van der Waals surface area contributed by atoms with Gasteiger partial charge in [0.1, 0.15) is 5.82 Å². The van der Waals surface area contributed by atoms with Crippen molar-refractivity contribution in [1.29, 1.82) is 0 Å². The summed E-state index contributed by atoms with van der Waals surface area (Å²) >= 11 is 0. The number of benzene rings is 2. The fourth-order valence-corrected chi connectivity index (χ4v) is 4.71. The van der Waals surface area contributed by atoms with Crippen LogP contribution in [0.15, 0.2) is 45.6 Å².